The molecule has 1 rings (SSSR count). The second-order valence-corrected chi connectivity index (χ2v) is 5.08. The van der Waals surface area contributed by atoms with Crippen LogP contribution in [0.15, 0.2) is 41.4 Å². The Morgan fingerprint density at radius 2 is 1.81 bits per heavy atom. The molecule has 0 bridgehead atoms. The van der Waals surface area contributed by atoms with E-state index in [0.717, 1.165) is 11.8 Å². The summed E-state index contributed by atoms with van der Waals surface area (Å²) < 4.78 is 47.4. The van der Waals surface area contributed by atoms with Crippen molar-refractivity contribution in [1.82, 2.24) is 0 Å². The van der Waals surface area contributed by atoms with Gasteiger partial charge in [0.05, 0.1) is 18.8 Å². The molecule has 2 unspecified atom stereocenters. The highest BCUT2D eigenvalue weighted by Crippen LogP contribution is 2.28. The molecule has 0 saturated carbocycles. The van der Waals surface area contributed by atoms with Gasteiger partial charge in [0.15, 0.2) is 0 Å². The second-order valence-electron chi connectivity index (χ2n) is 4.67. The predicted octanol–water partition coefficient (Wildman–Crippen LogP) is 4.93. The molecule has 0 saturated heterocycles. The summed E-state index contributed by atoms with van der Waals surface area (Å²) in [5, 5.41) is -1.16. The van der Waals surface area contributed by atoms with Gasteiger partial charge in [0, 0.05) is 6.42 Å². The van der Waals surface area contributed by atoms with Crippen molar-refractivity contribution >= 4 is 11.6 Å². The van der Waals surface area contributed by atoms with Gasteiger partial charge in [0.25, 0.3) is 0 Å². The lowest BCUT2D eigenvalue weighted by molar-refractivity contribution is -0.0853. The normalized spacial score (nSPS) is 15.6. The van der Waals surface area contributed by atoms with Gasteiger partial charge in [-0.2, -0.15) is 13.2 Å². The van der Waals surface area contributed by atoms with E-state index in [2.05, 4.69) is 0 Å². The molecule has 0 amide bonds. The van der Waals surface area contributed by atoms with Gasteiger partial charge in [-0.3, -0.25) is 0 Å². The highest BCUT2D eigenvalue weighted by Gasteiger charge is 2.31. The highest BCUT2D eigenvalue weighted by molar-refractivity contribution is 6.30. The zero-order valence-electron chi connectivity index (χ0n) is 11.9. The standard InChI is InChI=1S/C15H18ClF3O2/c1-11(20-9-8-14(16)15(17,18)19)10-12(2)21-13-6-4-3-5-7-13/h3-8,11-12H,9-10H2,1-2H3/b14-8-. The largest absolute Gasteiger partial charge is 0.491 e. The van der Waals surface area contributed by atoms with E-state index in [9.17, 15) is 13.2 Å². The van der Waals surface area contributed by atoms with Crippen molar-refractivity contribution in [3.05, 3.63) is 41.4 Å². The quantitative estimate of drug-likeness (QED) is 0.708. The van der Waals surface area contributed by atoms with Crippen molar-refractivity contribution in [1.29, 1.82) is 0 Å². The number of alkyl halides is 3. The summed E-state index contributed by atoms with van der Waals surface area (Å²) in [6, 6.07) is 9.31. The van der Waals surface area contributed by atoms with Crippen LogP contribution in [-0.4, -0.2) is 25.0 Å². The Morgan fingerprint density at radius 1 is 1.19 bits per heavy atom. The number of rotatable bonds is 7. The summed E-state index contributed by atoms with van der Waals surface area (Å²) in [5.74, 6) is 0.747. The maximum absolute atomic E-state index is 12.2. The molecule has 0 heterocycles. The summed E-state index contributed by atoms with van der Waals surface area (Å²) in [5.41, 5.74) is 0. The molecule has 0 aliphatic carbocycles. The van der Waals surface area contributed by atoms with Crippen LogP contribution in [0.1, 0.15) is 20.3 Å². The number of halogens is 4. The van der Waals surface area contributed by atoms with Crippen LogP contribution in [0.2, 0.25) is 0 Å². The number of benzene rings is 1. The zero-order valence-corrected chi connectivity index (χ0v) is 12.6. The monoisotopic (exact) mass is 322 g/mol. The third-order valence-electron chi connectivity index (χ3n) is 2.66. The van der Waals surface area contributed by atoms with Gasteiger partial charge in [0.2, 0.25) is 0 Å². The van der Waals surface area contributed by atoms with Gasteiger partial charge in [0.1, 0.15) is 10.8 Å². The lowest BCUT2D eigenvalue weighted by atomic mass is 10.2. The van der Waals surface area contributed by atoms with Gasteiger partial charge < -0.3 is 9.47 Å². The van der Waals surface area contributed by atoms with E-state index in [1.165, 1.54) is 0 Å². The predicted molar refractivity (Wildman–Crippen MR) is 76.6 cm³/mol. The number of allylic oxidation sites excluding steroid dienone is 1. The molecule has 0 aliphatic heterocycles. The Hall–Kier alpha value is -1.20. The smallest absolute Gasteiger partial charge is 0.426 e. The van der Waals surface area contributed by atoms with Gasteiger partial charge in [-0.1, -0.05) is 29.8 Å². The summed E-state index contributed by atoms with van der Waals surface area (Å²) in [7, 11) is 0. The molecule has 0 aliphatic rings. The van der Waals surface area contributed by atoms with Crippen LogP contribution in [0.4, 0.5) is 13.2 Å². The van der Waals surface area contributed by atoms with Crippen LogP contribution in [-0.2, 0) is 4.74 Å². The zero-order chi connectivity index (χ0) is 15.9. The molecule has 0 fully saturated rings. The molecule has 1 aromatic rings. The Labute approximate surface area is 127 Å². The van der Waals surface area contributed by atoms with Gasteiger partial charge in [-0.05, 0) is 32.1 Å². The number of para-hydroxylation sites is 1. The topological polar surface area (TPSA) is 18.5 Å². The Kier molecular flexibility index (Phi) is 7.05. The average molecular weight is 323 g/mol. The second kappa shape index (κ2) is 8.29. The van der Waals surface area contributed by atoms with Gasteiger partial charge in [-0.15, -0.1) is 0 Å². The molecule has 6 heteroatoms. The fraction of sp³-hybridized carbons (Fsp3) is 0.467. The van der Waals surface area contributed by atoms with E-state index in [4.69, 9.17) is 21.1 Å². The number of hydrogen-bond donors (Lipinski definition) is 0. The lowest BCUT2D eigenvalue weighted by Gasteiger charge is -2.19. The van der Waals surface area contributed by atoms with Crippen LogP contribution in [0.3, 0.4) is 0 Å². The van der Waals surface area contributed by atoms with Crippen molar-refractivity contribution < 1.29 is 22.6 Å². The summed E-state index contributed by atoms with van der Waals surface area (Å²) in [6.45, 7) is 3.48. The van der Waals surface area contributed by atoms with E-state index in [0.29, 0.717) is 6.42 Å². The molecular weight excluding hydrogens is 305 g/mol. The first-order valence-corrected chi connectivity index (χ1v) is 6.93. The van der Waals surface area contributed by atoms with Crippen LogP contribution >= 0.6 is 11.6 Å². The average Bonchev–Trinajstić information content (AvgIpc) is 2.38. The van der Waals surface area contributed by atoms with Crippen LogP contribution in [0.25, 0.3) is 0 Å². The van der Waals surface area contributed by atoms with Crippen molar-refractivity contribution in [3.63, 3.8) is 0 Å². The minimum absolute atomic E-state index is 0.107. The third-order valence-corrected chi connectivity index (χ3v) is 3.03. The van der Waals surface area contributed by atoms with Crippen LogP contribution < -0.4 is 4.74 Å². The molecule has 21 heavy (non-hydrogen) atoms. The van der Waals surface area contributed by atoms with Crippen molar-refractivity contribution in [2.45, 2.75) is 38.7 Å². The van der Waals surface area contributed by atoms with E-state index in [1.54, 1.807) is 6.92 Å². The first-order chi connectivity index (χ1) is 9.79. The molecule has 0 radical (unpaired) electrons. The Morgan fingerprint density at radius 3 is 2.38 bits per heavy atom. The third kappa shape index (κ3) is 7.39. The molecule has 1 aromatic carbocycles. The summed E-state index contributed by atoms with van der Waals surface area (Å²) in [4.78, 5) is 0. The highest BCUT2D eigenvalue weighted by atomic mass is 35.5. The van der Waals surface area contributed by atoms with Crippen LogP contribution in [0, 0.1) is 0 Å². The molecule has 0 N–H and O–H groups in total. The van der Waals surface area contributed by atoms with E-state index < -0.39 is 11.2 Å². The maximum atomic E-state index is 12.2. The molecule has 118 valence electrons. The van der Waals surface area contributed by atoms with Crippen molar-refractivity contribution in [2.24, 2.45) is 0 Å². The molecule has 0 aromatic heterocycles. The first kappa shape index (κ1) is 17.9. The summed E-state index contributed by atoms with van der Waals surface area (Å²) in [6.07, 6.45) is -3.48. The minimum atomic E-state index is -4.52. The maximum Gasteiger partial charge on any atom is 0.426 e. The van der Waals surface area contributed by atoms with E-state index >= 15 is 0 Å². The van der Waals surface area contributed by atoms with Crippen molar-refractivity contribution in [3.8, 4) is 5.75 Å². The Balaban J connectivity index is 2.32. The van der Waals surface area contributed by atoms with Gasteiger partial charge >= 0.3 is 6.18 Å². The molecule has 2 atom stereocenters. The number of hydrogen-bond acceptors (Lipinski definition) is 2. The molecule has 0 spiro atoms. The number of ether oxygens (including phenoxy) is 2. The van der Waals surface area contributed by atoms with E-state index in [-0.39, 0.29) is 18.8 Å². The fourth-order valence-corrected chi connectivity index (χ4v) is 1.78. The van der Waals surface area contributed by atoms with Crippen LogP contribution in [0.5, 0.6) is 5.75 Å². The SMILES string of the molecule is CC(CC(C)Oc1ccccc1)OC/C=C(\Cl)C(F)(F)F. The van der Waals surface area contributed by atoms with Gasteiger partial charge in [-0.25, -0.2) is 0 Å². The van der Waals surface area contributed by atoms with Crippen molar-refractivity contribution in [2.75, 3.05) is 6.61 Å². The summed E-state index contributed by atoms with van der Waals surface area (Å²) >= 11 is 5.08. The van der Waals surface area contributed by atoms with E-state index in [1.807, 2.05) is 37.3 Å². The minimum Gasteiger partial charge on any atom is -0.491 e. The molecule has 2 nitrogen and oxygen atoms in total. The first-order valence-electron chi connectivity index (χ1n) is 6.55. The Bertz CT molecular complexity index is 446. The lowest BCUT2D eigenvalue weighted by Crippen LogP contribution is -2.21. The molecular formula is C15H18ClF3O2. The fourth-order valence-electron chi connectivity index (χ4n) is 1.72.